The van der Waals surface area contributed by atoms with Gasteiger partial charge in [-0.2, -0.15) is 5.70 Å². The Balaban J connectivity index is 0.000000176. The molecule has 1 radical (unpaired) electrons. The second-order valence-corrected chi connectivity index (χ2v) is 13.5. The van der Waals surface area contributed by atoms with Gasteiger partial charge in [-0.15, -0.1) is 17.2 Å². The fraction of sp³-hybridized carbons (Fsp3) is 0.462. The molecular formula is C39H46IrN4-2. The number of benzene rings is 2. The summed E-state index contributed by atoms with van der Waals surface area (Å²) in [6, 6.07) is 16.1. The molecule has 0 N–H and O–H groups in total. The summed E-state index contributed by atoms with van der Waals surface area (Å²) in [6.07, 6.45) is 20.7. The van der Waals surface area contributed by atoms with E-state index in [4.69, 9.17) is 15.3 Å². The van der Waals surface area contributed by atoms with E-state index in [1.165, 1.54) is 108 Å². The Kier molecular flexibility index (Phi) is 10.4. The van der Waals surface area contributed by atoms with Crippen molar-refractivity contribution in [3.05, 3.63) is 88.6 Å². The number of hydrogen-bond acceptors (Lipinski definition) is 3. The van der Waals surface area contributed by atoms with Gasteiger partial charge in [-0.25, -0.2) is 0 Å². The summed E-state index contributed by atoms with van der Waals surface area (Å²) in [6.45, 7) is 11.0. The molecule has 0 amide bonds. The maximum atomic E-state index is 4.85. The Hall–Kier alpha value is -2.88. The minimum atomic E-state index is -0.116. The standard InChI is InChI=1S/C22H17N2.C17H29N2.Ir/c1-13-10-14-8-9-23-21-16-12-24-18-7-5-4-6-15(18)20(16)22(2,3)17(11-13)19(14)21;1-14(18-16-9-5-3-6-10-16)13-15(2)19-17-11-7-4-8-12-17;/h4-11H,1-3H3;13,16-17H,3-12H2,1-2H3;/q2*-1;/b;14-13-,19-15?;. The van der Waals surface area contributed by atoms with Gasteiger partial charge >= 0.3 is 0 Å². The summed E-state index contributed by atoms with van der Waals surface area (Å²) in [5.74, 6) is 0. The molecule has 0 spiro atoms. The molecule has 2 heterocycles. The van der Waals surface area contributed by atoms with Crippen molar-refractivity contribution in [1.82, 2.24) is 9.97 Å². The SMILES string of the molecule is CC(/C=C(/C)[N-]C1CCCCC1)=NC1CCCCC1.Cc1cc2c3c(nccc3c1)-c1[c-]nc3ccccc3c1C2(C)C.[Ir]. The minimum absolute atomic E-state index is 0. The average Bonchev–Trinajstić information content (AvgIpc) is 3.00. The van der Waals surface area contributed by atoms with Crippen molar-refractivity contribution >= 4 is 27.4 Å². The van der Waals surface area contributed by atoms with Gasteiger partial charge in [-0.3, -0.25) is 4.99 Å². The van der Waals surface area contributed by atoms with Crippen LogP contribution in [0, 0.1) is 13.1 Å². The van der Waals surface area contributed by atoms with Crippen molar-refractivity contribution in [1.29, 1.82) is 0 Å². The number of aliphatic imine (C=N–C) groups is 1. The van der Waals surface area contributed by atoms with Gasteiger partial charge in [0.2, 0.25) is 0 Å². The average molecular weight is 763 g/mol. The number of aryl methyl sites for hydroxylation is 1. The Morgan fingerprint density at radius 1 is 0.955 bits per heavy atom. The Morgan fingerprint density at radius 2 is 1.66 bits per heavy atom. The van der Waals surface area contributed by atoms with Crippen LogP contribution in [0.2, 0.25) is 0 Å². The van der Waals surface area contributed by atoms with Crippen LogP contribution in [0.4, 0.5) is 0 Å². The summed E-state index contributed by atoms with van der Waals surface area (Å²) in [5, 5.41) is 8.54. The largest absolute Gasteiger partial charge is 0.685 e. The molecule has 2 aromatic heterocycles. The summed E-state index contributed by atoms with van der Waals surface area (Å²) < 4.78 is 0. The number of fused-ring (bicyclic) bond motifs is 4. The maximum absolute atomic E-state index is 4.85. The van der Waals surface area contributed by atoms with Crippen molar-refractivity contribution in [3.63, 3.8) is 0 Å². The zero-order chi connectivity index (χ0) is 30.0. The first-order valence-electron chi connectivity index (χ1n) is 16.5. The first kappa shape index (κ1) is 32.5. The van der Waals surface area contributed by atoms with Gasteiger partial charge < -0.3 is 15.3 Å². The van der Waals surface area contributed by atoms with E-state index in [0.29, 0.717) is 12.1 Å². The van der Waals surface area contributed by atoms with Crippen molar-refractivity contribution in [2.45, 2.75) is 116 Å². The van der Waals surface area contributed by atoms with Gasteiger partial charge in [0, 0.05) is 32.0 Å². The zero-order valence-corrected chi connectivity index (χ0v) is 29.4. The van der Waals surface area contributed by atoms with Crippen molar-refractivity contribution in [2.24, 2.45) is 4.99 Å². The number of nitrogens with zero attached hydrogens (tertiary/aromatic N) is 4. The maximum Gasteiger partial charge on any atom is 0.0502 e. The normalized spacial score (nSPS) is 18.7. The van der Waals surface area contributed by atoms with Gasteiger partial charge in [-0.1, -0.05) is 126 Å². The van der Waals surface area contributed by atoms with E-state index in [1.807, 2.05) is 12.3 Å². The third-order valence-electron chi connectivity index (χ3n) is 9.59. The van der Waals surface area contributed by atoms with Crippen LogP contribution in [-0.2, 0) is 25.5 Å². The molecule has 4 nitrogen and oxygen atoms in total. The summed E-state index contributed by atoms with van der Waals surface area (Å²) in [4.78, 5) is 14.1. The fourth-order valence-corrected chi connectivity index (χ4v) is 7.57. The van der Waals surface area contributed by atoms with E-state index in [-0.39, 0.29) is 25.5 Å². The van der Waals surface area contributed by atoms with E-state index in [2.05, 4.69) is 88.3 Å². The van der Waals surface area contributed by atoms with E-state index >= 15 is 0 Å². The zero-order valence-electron chi connectivity index (χ0n) is 27.0. The number of allylic oxidation sites excluding steroid dienone is 2. The Bertz CT molecular complexity index is 1670. The summed E-state index contributed by atoms with van der Waals surface area (Å²) in [7, 11) is 0. The predicted octanol–water partition coefficient (Wildman–Crippen LogP) is 10.6. The minimum Gasteiger partial charge on any atom is -0.685 e. The second-order valence-electron chi connectivity index (χ2n) is 13.5. The molecule has 3 aliphatic rings. The van der Waals surface area contributed by atoms with E-state index in [1.54, 1.807) is 0 Å². The molecular weight excluding hydrogens is 717 g/mol. The van der Waals surface area contributed by atoms with E-state index in [9.17, 15) is 0 Å². The van der Waals surface area contributed by atoms with Crippen molar-refractivity contribution in [3.8, 4) is 11.3 Å². The molecule has 0 saturated heterocycles. The van der Waals surface area contributed by atoms with Crippen LogP contribution in [0.15, 0.2) is 65.4 Å². The van der Waals surface area contributed by atoms with Gasteiger partial charge in [0.1, 0.15) is 0 Å². The molecule has 3 aliphatic carbocycles. The smallest absolute Gasteiger partial charge is 0.0502 e. The fourth-order valence-electron chi connectivity index (χ4n) is 7.57. The Labute approximate surface area is 277 Å². The summed E-state index contributed by atoms with van der Waals surface area (Å²) in [5.41, 5.74) is 9.18. The molecule has 5 heteroatoms. The number of rotatable bonds is 4. The predicted molar refractivity (Wildman–Crippen MR) is 182 cm³/mol. The van der Waals surface area contributed by atoms with E-state index < -0.39 is 0 Å². The molecule has 0 atom stereocenters. The molecule has 44 heavy (non-hydrogen) atoms. The van der Waals surface area contributed by atoms with Gasteiger partial charge in [0.05, 0.1) is 6.04 Å². The van der Waals surface area contributed by atoms with Crippen LogP contribution >= 0.6 is 0 Å². The summed E-state index contributed by atoms with van der Waals surface area (Å²) >= 11 is 0. The topological polar surface area (TPSA) is 52.2 Å². The molecule has 7 rings (SSSR count). The number of pyridine rings is 2. The van der Waals surface area contributed by atoms with Crippen molar-refractivity contribution in [2.75, 3.05) is 0 Å². The number of hydrogen-bond donors (Lipinski definition) is 0. The Morgan fingerprint density at radius 3 is 2.41 bits per heavy atom. The van der Waals surface area contributed by atoms with Crippen LogP contribution in [0.1, 0.15) is 109 Å². The monoisotopic (exact) mass is 763 g/mol. The molecule has 2 fully saturated rings. The van der Waals surface area contributed by atoms with Crippen LogP contribution in [-0.4, -0.2) is 27.8 Å². The van der Waals surface area contributed by atoms with Gasteiger partial charge in [0.25, 0.3) is 0 Å². The van der Waals surface area contributed by atoms with Gasteiger partial charge in [-0.05, 0) is 71.9 Å². The molecule has 4 aromatic rings. The van der Waals surface area contributed by atoms with Gasteiger partial charge in [0.15, 0.2) is 0 Å². The van der Waals surface area contributed by atoms with E-state index in [0.717, 1.165) is 16.8 Å². The molecule has 2 saturated carbocycles. The quantitative estimate of drug-likeness (QED) is 0.154. The molecule has 233 valence electrons. The number of para-hydroxylation sites is 1. The van der Waals surface area contributed by atoms with Crippen LogP contribution in [0.25, 0.3) is 38.2 Å². The first-order chi connectivity index (χ1) is 20.8. The third kappa shape index (κ3) is 6.85. The van der Waals surface area contributed by atoms with Crippen LogP contribution in [0.5, 0.6) is 0 Å². The number of aromatic nitrogens is 2. The molecule has 0 unspecified atom stereocenters. The molecule has 0 aliphatic heterocycles. The molecule has 0 bridgehead atoms. The second kappa shape index (κ2) is 14.0. The first-order valence-corrected chi connectivity index (χ1v) is 16.5. The van der Waals surface area contributed by atoms with Crippen molar-refractivity contribution < 1.29 is 20.1 Å². The third-order valence-corrected chi connectivity index (χ3v) is 9.59. The molecule has 2 aromatic carbocycles. The van der Waals surface area contributed by atoms with Crippen LogP contribution in [0.3, 0.4) is 0 Å². The van der Waals surface area contributed by atoms with Crippen LogP contribution < -0.4 is 0 Å².